The van der Waals surface area contributed by atoms with Crippen LogP contribution in [0.2, 0.25) is 10.0 Å². The SMILES string of the molecule is CC[C@@H]([C@@H](C)NS(=O)(=O)C(C)C)N1C(=O)[C@](C)(CC(=O)O)C[C@H](c2cccc(Cl)c2)[C@H]1c1ccc(Cl)cc1. The first-order valence-electron chi connectivity index (χ1n) is 12.8. The number of sulfonamides is 1. The van der Waals surface area contributed by atoms with Crippen LogP contribution >= 0.6 is 23.2 Å². The molecule has 3 rings (SSSR count). The van der Waals surface area contributed by atoms with Crippen molar-refractivity contribution in [1.29, 1.82) is 0 Å². The molecule has 0 saturated carbocycles. The van der Waals surface area contributed by atoms with Crippen LogP contribution in [-0.2, 0) is 19.6 Å². The fraction of sp³-hybridized carbons (Fsp3) is 0.500. The zero-order valence-corrected chi connectivity index (χ0v) is 24.6. The molecular formula is C28H36Cl2N2O5S. The van der Waals surface area contributed by atoms with Crippen LogP contribution in [0.1, 0.15) is 77.0 Å². The van der Waals surface area contributed by atoms with Gasteiger partial charge >= 0.3 is 5.97 Å². The minimum Gasteiger partial charge on any atom is -0.481 e. The number of carbonyl (C=O) groups is 2. The number of amides is 1. The first kappa shape index (κ1) is 30.4. The van der Waals surface area contributed by atoms with Crippen molar-refractivity contribution in [3.05, 3.63) is 69.7 Å². The van der Waals surface area contributed by atoms with E-state index in [2.05, 4.69) is 4.72 Å². The summed E-state index contributed by atoms with van der Waals surface area (Å²) in [6.45, 7) is 8.52. The van der Waals surface area contributed by atoms with Crippen LogP contribution in [-0.4, -0.2) is 47.6 Å². The Bertz CT molecular complexity index is 1270. The normalized spacial score (nSPS) is 23.9. The molecule has 0 unspecified atom stereocenters. The highest BCUT2D eigenvalue weighted by Crippen LogP contribution is 2.52. The molecule has 10 heteroatoms. The Kier molecular flexibility index (Phi) is 9.56. The van der Waals surface area contributed by atoms with E-state index in [-0.39, 0.29) is 24.7 Å². The topological polar surface area (TPSA) is 104 Å². The van der Waals surface area contributed by atoms with E-state index in [9.17, 15) is 23.1 Å². The molecule has 1 fully saturated rings. The number of nitrogens with one attached hydrogen (secondary N) is 1. The standard InChI is InChI=1S/C28H36Cl2N2O5S/c1-6-24(18(4)31-38(36,37)17(2)3)32-26(19-10-12-21(29)13-11-19)23(20-8-7-9-22(30)14-20)15-28(5,27(32)35)16-25(33)34/h7-14,17-18,23-24,26,31H,6,15-16H2,1-5H3,(H,33,34)/t18-,23-,24+,26-,28+/m1/s1. The average molecular weight is 584 g/mol. The summed E-state index contributed by atoms with van der Waals surface area (Å²) < 4.78 is 28.3. The molecule has 38 heavy (non-hydrogen) atoms. The number of hydrogen-bond acceptors (Lipinski definition) is 4. The van der Waals surface area contributed by atoms with Gasteiger partial charge in [-0.25, -0.2) is 13.1 Å². The molecule has 1 aliphatic rings. The third kappa shape index (κ3) is 6.53. The Labute approximate surface area is 235 Å². The second-order valence-corrected chi connectivity index (χ2v) is 13.8. The number of likely N-dealkylation sites (tertiary alicyclic amines) is 1. The smallest absolute Gasteiger partial charge is 0.304 e. The van der Waals surface area contributed by atoms with E-state index in [0.717, 1.165) is 11.1 Å². The van der Waals surface area contributed by atoms with Crippen LogP contribution in [0.15, 0.2) is 48.5 Å². The van der Waals surface area contributed by atoms with Gasteiger partial charge in [0.2, 0.25) is 15.9 Å². The Morgan fingerprint density at radius 2 is 1.74 bits per heavy atom. The Morgan fingerprint density at radius 3 is 2.26 bits per heavy atom. The van der Waals surface area contributed by atoms with Crippen molar-refractivity contribution in [3.63, 3.8) is 0 Å². The predicted octanol–water partition coefficient (Wildman–Crippen LogP) is 6.03. The lowest BCUT2D eigenvalue weighted by atomic mass is 9.66. The van der Waals surface area contributed by atoms with Crippen molar-refractivity contribution >= 4 is 45.1 Å². The van der Waals surface area contributed by atoms with Gasteiger partial charge in [-0.1, -0.05) is 61.3 Å². The number of aliphatic carboxylic acids is 1. The van der Waals surface area contributed by atoms with Gasteiger partial charge in [0.05, 0.1) is 23.1 Å². The van der Waals surface area contributed by atoms with E-state index in [1.807, 2.05) is 37.3 Å². The lowest BCUT2D eigenvalue weighted by molar-refractivity contribution is -0.161. The molecule has 1 amide bonds. The maximum Gasteiger partial charge on any atom is 0.304 e. The van der Waals surface area contributed by atoms with Gasteiger partial charge in [-0.3, -0.25) is 9.59 Å². The molecule has 208 valence electrons. The highest BCUT2D eigenvalue weighted by molar-refractivity contribution is 7.90. The molecule has 0 aromatic heterocycles. The summed E-state index contributed by atoms with van der Waals surface area (Å²) in [5.41, 5.74) is 0.477. The van der Waals surface area contributed by atoms with Gasteiger partial charge in [0, 0.05) is 28.0 Å². The van der Waals surface area contributed by atoms with Crippen molar-refractivity contribution < 1.29 is 23.1 Å². The maximum absolute atomic E-state index is 14.3. The first-order chi connectivity index (χ1) is 17.7. The summed E-state index contributed by atoms with van der Waals surface area (Å²) in [5, 5.41) is 10.2. The van der Waals surface area contributed by atoms with Crippen molar-refractivity contribution in [3.8, 4) is 0 Å². The summed E-state index contributed by atoms with van der Waals surface area (Å²) in [4.78, 5) is 28.0. The minimum absolute atomic E-state index is 0.283. The number of nitrogens with zero attached hydrogens (tertiary/aromatic N) is 1. The number of carboxylic acids is 1. The van der Waals surface area contributed by atoms with Gasteiger partial charge in [-0.05, 0) is 69.0 Å². The molecule has 1 aliphatic heterocycles. The van der Waals surface area contributed by atoms with Crippen LogP contribution < -0.4 is 4.72 Å². The summed E-state index contributed by atoms with van der Waals surface area (Å²) >= 11 is 12.6. The molecule has 0 aliphatic carbocycles. The van der Waals surface area contributed by atoms with Crippen molar-refractivity contribution in [2.24, 2.45) is 5.41 Å². The first-order valence-corrected chi connectivity index (χ1v) is 15.1. The third-order valence-electron chi connectivity index (χ3n) is 7.46. The summed E-state index contributed by atoms with van der Waals surface area (Å²) in [6.07, 6.45) is 0.378. The molecule has 2 aromatic carbocycles. The molecule has 2 aromatic rings. The van der Waals surface area contributed by atoms with Crippen LogP contribution in [0, 0.1) is 5.41 Å². The van der Waals surface area contributed by atoms with E-state index >= 15 is 0 Å². The molecule has 2 N–H and O–H groups in total. The zero-order valence-electron chi connectivity index (χ0n) is 22.3. The Morgan fingerprint density at radius 1 is 1.11 bits per heavy atom. The third-order valence-corrected chi connectivity index (χ3v) is 9.88. The molecule has 0 radical (unpaired) electrons. The minimum atomic E-state index is -3.63. The van der Waals surface area contributed by atoms with Gasteiger partial charge in [-0.15, -0.1) is 0 Å². The van der Waals surface area contributed by atoms with E-state index in [4.69, 9.17) is 23.2 Å². The van der Waals surface area contributed by atoms with Gasteiger partial charge < -0.3 is 10.0 Å². The van der Waals surface area contributed by atoms with E-state index in [1.54, 1.807) is 50.8 Å². The molecule has 1 heterocycles. The van der Waals surface area contributed by atoms with Crippen molar-refractivity contribution in [1.82, 2.24) is 9.62 Å². The number of rotatable bonds is 10. The number of carbonyl (C=O) groups excluding carboxylic acids is 1. The van der Waals surface area contributed by atoms with Gasteiger partial charge in [-0.2, -0.15) is 0 Å². The van der Waals surface area contributed by atoms with Crippen molar-refractivity contribution in [2.45, 2.75) is 83.2 Å². The van der Waals surface area contributed by atoms with Gasteiger partial charge in [0.1, 0.15) is 0 Å². The fourth-order valence-corrected chi connectivity index (χ4v) is 6.78. The highest BCUT2D eigenvalue weighted by Gasteiger charge is 2.53. The van der Waals surface area contributed by atoms with Crippen molar-refractivity contribution in [2.75, 3.05) is 0 Å². The monoisotopic (exact) mass is 582 g/mol. The molecule has 1 saturated heterocycles. The van der Waals surface area contributed by atoms with E-state index in [0.29, 0.717) is 16.5 Å². The molecule has 0 spiro atoms. The summed E-state index contributed by atoms with van der Waals surface area (Å²) in [6, 6.07) is 12.9. The van der Waals surface area contributed by atoms with Crippen LogP contribution in [0.25, 0.3) is 0 Å². The second-order valence-electron chi connectivity index (χ2n) is 10.7. The van der Waals surface area contributed by atoms with E-state index in [1.165, 1.54) is 0 Å². The number of benzene rings is 2. The number of halogens is 2. The number of piperidine rings is 1. The Hall–Kier alpha value is -2.13. The molecular weight excluding hydrogens is 547 g/mol. The predicted molar refractivity (Wildman–Crippen MR) is 151 cm³/mol. The highest BCUT2D eigenvalue weighted by atomic mass is 35.5. The molecule has 7 nitrogen and oxygen atoms in total. The number of carboxylic acid groups (broad SMARTS) is 1. The quantitative estimate of drug-likeness (QED) is 0.356. The Balaban J connectivity index is 2.25. The second kappa shape index (κ2) is 11.9. The number of hydrogen-bond donors (Lipinski definition) is 2. The largest absolute Gasteiger partial charge is 0.481 e. The van der Waals surface area contributed by atoms with Crippen LogP contribution in [0.4, 0.5) is 0 Å². The molecule has 5 atom stereocenters. The van der Waals surface area contributed by atoms with Crippen LogP contribution in [0.3, 0.4) is 0 Å². The summed E-state index contributed by atoms with van der Waals surface area (Å²) in [5.74, 6) is -1.70. The average Bonchev–Trinajstić information content (AvgIpc) is 2.82. The van der Waals surface area contributed by atoms with Gasteiger partial charge in [0.15, 0.2) is 0 Å². The lowest BCUT2D eigenvalue weighted by Gasteiger charge is -2.53. The molecule has 0 bridgehead atoms. The summed E-state index contributed by atoms with van der Waals surface area (Å²) in [7, 11) is -3.63. The van der Waals surface area contributed by atoms with Crippen LogP contribution in [0.5, 0.6) is 0 Å². The lowest BCUT2D eigenvalue weighted by Crippen LogP contribution is -2.60. The van der Waals surface area contributed by atoms with Gasteiger partial charge in [0.25, 0.3) is 0 Å². The maximum atomic E-state index is 14.3. The zero-order chi connectivity index (χ0) is 28.4. The fourth-order valence-electron chi connectivity index (χ4n) is 5.51. The van der Waals surface area contributed by atoms with E-state index < -0.39 is 44.8 Å².